The molecule has 9 heteroatoms. The largest absolute Gasteiger partial charge is 0.462 e. The van der Waals surface area contributed by atoms with Gasteiger partial charge in [-0.1, -0.05) is 60.5 Å². The maximum absolute atomic E-state index is 13.4. The molecular formula is C32H33N3O3S3. The van der Waals surface area contributed by atoms with Gasteiger partial charge in [0.15, 0.2) is 5.11 Å². The number of hydrogen-bond donors (Lipinski definition) is 3. The van der Waals surface area contributed by atoms with Gasteiger partial charge in [0, 0.05) is 27.2 Å². The number of ether oxygens (including phenoxy) is 1. The fourth-order valence-corrected chi connectivity index (χ4v) is 6.27. The summed E-state index contributed by atoms with van der Waals surface area (Å²) in [5, 5.41) is 11.9. The van der Waals surface area contributed by atoms with Crippen LogP contribution in [0.3, 0.4) is 0 Å². The van der Waals surface area contributed by atoms with E-state index in [1.54, 1.807) is 6.92 Å². The number of nitrogens with one attached hydrogen (secondary N) is 3. The van der Waals surface area contributed by atoms with Crippen LogP contribution in [0.25, 0.3) is 11.1 Å². The summed E-state index contributed by atoms with van der Waals surface area (Å²) in [6.07, 6.45) is 0.604. The molecule has 0 saturated heterocycles. The predicted octanol–water partition coefficient (Wildman–Crippen LogP) is 8.53. The Morgan fingerprint density at radius 2 is 1.56 bits per heavy atom. The molecule has 0 fully saturated rings. The Morgan fingerprint density at radius 1 is 0.902 bits per heavy atom. The third-order valence-corrected chi connectivity index (χ3v) is 8.67. The van der Waals surface area contributed by atoms with Gasteiger partial charge in [0.2, 0.25) is 5.91 Å². The summed E-state index contributed by atoms with van der Waals surface area (Å²) in [7, 11) is 0. The minimum absolute atomic E-state index is 0.171. The molecule has 4 rings (SSSR count). The number of thioether (sulfide) groups is 1. The Labute approximate surface area is 254 Å². The van der Waals surface area contributed by atoms with Crippen LogP contribution in [-0.4, -0.2) is 28.8 Å². The van der Waals surface area contributed by atoms with Crippen molar-refractivity contribution in [2.45, 2.75) is 44.3 Å². The van der Waals surface area contributed by atoms with Crippen LogP contribution in [-0.2, 0) is 9.53 Å². The minimum atomic E-state index is -0.450. The molecule has 0 radical (unpaired) electrons. The van der Waals surface area contributed by atoms with E-state index in [0.29, 0.717) is 22.1 Å². The second-order valence-electron chi connectivity index (χ2n) is 9.42. The maximum atomic E-state index is 13.4. The second kappa shape index (κ2) is 14.3. The lowest BCUT2D eigenvalue weighted by atomic mass is 10.0. The molecule has 1 amide bonds. The summed E-state index contributed by atoms with van der Waals surface area (Å²) < 4.78 is 5.35. The summed E-state index contributed by atoms with van der Waals surface area (Å²) >= 11 is 8.28. The molecule has 1 atom stereocenters. The lowest BCUT2D eigenvalue weighted by Gasteiger charge is -2.16. The number of esters is 1. The Hall–Kier alpha value is -3.66. The van der Waals surface area contributed by atoms with Gasteiger partial charge in [-0.15, -0.1) is 23.1 Å². The van der Waals surface area contributed by atoms with E-state index in [-0.39, 0.29) is 17.8 Å². The summed E-state index contributed by atoms with van der Waals surface area (Å²) in [6.45, 7) is 8.04. The summed E-state index contributed by atoms with van der Waals surface area (Å²) in [5.74, 6) is -0.621. The van der Waals surface area contributed by atoms with Crippen molar-refractivity contribution in [3.05, 3.63) is 94.9 Å². The summed E-state index contributed by atoms with van der Waals surface area (Å²) in [6, 6.07) is 23.7. The molecule has 1 aromatic heterocycles. The quantitative estimate of drug-likeness (QED) is 0.0952. The Morgan fingerprint density at radius 3 is 2.22 bits per heavy atom. The van der Waals surface area contributed by atoms with E-state index in [2.05, 4.69) is 16.0 Å². The zero-order chi connectivity index (χ0) is 29.4. The highest BCUT2D eigenvalue weighted by Crippen LogP contribution is 2.37. The van der Waals surface area contributed by atoms with Gasteiger partial charge in [-0.3, -0.25) is 4.79 Å². The SMILES string of the molecule is CCOC(=O)c1c(-c2ccc(C)cc2)csc1NC(=O)C(CC)Sc1cccc(NC(=S)Nc2ccc(C)cc2)c1. The van der Waals surface area contributed by atoms with Crippen LogP contribution in [0.4, 0.5) is 16.4 Å². The van der Waals surface area contributed by atoms with Gasteiger partial charge in [-0.2, -0.15) is 0 Å². The highest BCUT2D eigenvalue weighted by atomic mass is 32.2. The number of aryl methyl sites for hydroxylation is 2. The van der Waals surface area contributed by atoms with E-state index in [9.17, 15) is 9.59 Å². The average molecular weight is 604 g/mol. The van der Waals surface area contributed by atoms with Crippen molar-refractivity contribution in [1.82, 2.24) is 0 Å². The number of carbonyl (C=O) groups is 2. The molecule has 3 aromatic carbocycles. The van der Waals surface area contributed by atoms with Gasteiger partial charge in [0.25, 0.3) is 0 Å². The van der Waals surface area contributed by atoms with Crippen molar-refractivity contribution in [1.29, 1.82) is 0 Å². The van der Waals surface area contributed by atoms with Crippen LogP contribution in [0.2, 0.25) is 0 Å². The highest BCUT2D eigenvalue weighted by molar-refractivity contribution is 8.00. The molecule has 4 aromatic rings. The molecular weight excluding hydrogens is 571 g/mol. The fourth-order valence-electron chi connectivity index (χ4n) is 4.06. The van der Waals surface area contributed by atoms with E-state index in [0.717, 1.165) is 33.0 Å². The topological polar surface area (TPSA) is 79.5 Å². The number of benzene rings is 3. The van der Waals surface area contributed by atoms with Crippen LogP contribution in [0, 0.1) is 13.8 Å². The smallest absolute Gasteiger partial charge is 0.341 e. The van der Waals surface area contributed by atoms with E-state index in [1.165, 1.54) is 28.7 Å². The molecule has 41 heavy (non-hydrogen) atoms. The van der Waals surface area contributed by atoms with Gasteiger partial charge >= 0.3 is 5.97 Å². The van der Waals surface area contributed by atoms with Crippen molar-refractivity contribution >= 4 is 68.7 Å². The van der Waals surface area contributed by atoms with Gasteiger partial charge in [0.05, 0.1) is 11.9 Å². The minimum Gasteiger partial charge on any atom is -0.462 e. The lowest BCUT2D eigenvalue weighted by molar-refractivity contribution is -0.115. The number of amides is 1. The van der Waals surface area contributed by atoms with Gasteiger partial charge < -0.3 is 20.7 Å². The average Bonchev–Trinajstić information content (AvgIpc) is 3.37. The number of thiocarbonyl (C=S) groups is 1. The molecule has 6 nitrogen and oxygen atoms in total. The molecule has 0 bridgehead atoms. The van der Waals surface area contributed by atoms with E-state index >= 15 is 0 Å². The van der Waals surface area contributed by atoms with Crippen LogP contribution in [0.5, 0.6) is 0 Å². The molecule has 1 heterocycles. The Kier molecular flexibility index (Phi) is 10.6. The van der Waals surface area contributed by atoms with Crippen molar-refractivity contribution in [2.24, 2.45) is 0 Å². The predicted molar refractivity (Wildman–Crippen MR) is 176 cm³/mol. The zero-order valence-corrected chi connectivity index (χ0v) is 25.9. The van der Waals surface area contributed by atoms with Crippen molar-refractivity contribution in [2.75, 3.05) is 22.6 Å². The third-order valence-electron chi connectivity index (χ3n) is 6.21. The second-order valence-corrected chi connectivity index (χ2v) is 12.0. The Balaban J connectivity index is 1.46. The molecule has 0 aliphatic heterocycles. The molecule has 0 aliphatic carbocycles. The molecule has 212 valence electrons. The van der Waals surface area contributed by atoms with E-state index < -0.39 is 5.97 Å². The first-order valence-electron chi connectivity index (χ1n) is 13.3. The first-order chi connectivity index (χ1) is 19.8. The van der Waals surface area contributed by atoms with Gasteiger partial charge in [-0.05, 0) is 75.3 Å². The van der Waals surface area contributed by atoms with Crippen molar-refractivity contribution < 1.29 is 14.3 Å². The molecule has 0 saturated carbocycles. The summed E-state index contributed by atoms with van der Waals surface area (Å²) in [5.41, 5.74) is 6.06. The number of thiophene rings is 1. The first-order valence-corrected chi connectivity index (χ1v) is 15.5. The molecule has 1 unspecified atom stereocenters. The number of rotatable bonds is 10. The van der Waals surface area contributed by atoms with Crippen LogP contribution in [0.1, 0.15) is 41.8 Å². The molecule has 0 aliphatic rings. The number of hydrogen-bond acceptors (Lipinski definition) is 6. The normalized spacial score (nSPS) is 11.4. The third kappa shape index (κ3) is 8.19. The number of carbonyl (C=O) groups excluding carboxylic acids is 2. The maximum Gasteiger partial charge on any atom is 0.341 e. The van der Waals surface area contributed by atoms with Gasteiger partial charge in [0.1, 0.15) is 10.6 Å². The standard InChI is InChI=1S/C32H33N3O3S3/c1-5-27(41-25-9-7-8-24(18-25)34-32(39)33-23-16-12-21(4)13-17-23)29(36)35-30-28(31(37)38-6-2)26(19-40-30)22-14-10-20(3)11-15-22/h7-19,27H,5-6H2,1-4H3,(H,35,36)(H2,33,34,39). The zero-order valence-electron chi connectivity index (χ0n) is 23.4. The van der Waals surface area contributed by atoms with Gasteiger partial charge in [-0.25, -0.2) is 4.79 Å². The summed E-state index contributed by atoms with van der Waals surface area (Å²) in [4.78, 5) is 27.3. The fraction of sp³-hybridized carbons (Fsp3) is 0.219. The highest BCUT2D eigenvalue weighted by Gasteiger charge is 2.25. The molecule has 3 N–H and O–H groups in total. The van der Waals surface area contributed by atoms with E-state index in [4.69, 9.17) is 17.0 Å². The van der Waals surface area contributed by atoms with Crippen LogP contribution < -0.4 is 16.0 Å². The van der Waals surface area contributed by atoms with Crippen LogP contribution in [0.15, 0.2) is 83.1 Å². The van der Waals surface area contributed by atoms with E-state index in [1.807, 2.05) is 98.9 Å². The lowest BCUT2D eigenvalue weighted by Crippen LogP contribution is -2.25. The van der Waals surface area contributed by atoms with Crippen molar-refractivity contribution in [3.8, 4) is 11.1 Å². The van der Waals surface area contributed by atoms with Crippen LogP contribution >= 0.6 is 35.3 Å². The molecule has 0 spiro atoms. The Bertz CT molecular complexity index is 1520. The monoisotopic (exact) mass is 603 g/mol. The first kappa shape index (κ1) is 30.3. The number of anilines is 3. The van der Waals surface area contributed by atoms with Crippen molar-refractivity contribution in [3.63, 3.8) is 0 Å².